The molecule has 1 saturated carbocycles. The molecule has 1 amide bonds. The van der Waals surface area contributed by atoms with E-state index in [1.54, 1.807) is 0 Å². The van der Waals surface area contributed by atoms with Crippen molar-refractivity contribution in [1.82, 2.24) is 10.3 Å². The van der Waals surface area contributed by atoms with Crippen molar-refractivity contribution >= 4 is 16.7 Å². The summed E-state index contributed by atoms with van der Waals surface area (Å²) in [5.74, 6) is 2.35. The lowest BCUT2D eigenvalue weighted by Crippen LogP contribution is -2.45. The van der Waals surface area contributed by atoms with E-state index in [-0.39, 0.29) is 23.5 Å². The van der Waals surface area contributed by atoms with E-state index < -0.39 is 10.8 Å². The second-order valence-electron chi connectivity index (χ2n) is 8.06. The van der Waals surface area contributed by atoms with Crippen LogP contribution in [0.4, 0.5) is 0 Å². The van der Waals surface area contributed by atoms with E-state index in [1.807, 2.05) is 38.1 Å². The number of rotatable bonds is 6. The number of oxazole rings is 1. The van der Waals surface area contributed by atoms with Crippen LogP contribution < -0.4 is 5.32 Å². The highest BCUT2D eigenvalue weighted by Gasteiger charge is 2.28. The maximum atomic E-state index is 12.5. The molecular formula is C22H30N2O3S. The Kier molecular flexibility index (Phi) is 6.70. The zero-order chi connectivity index (χ0) is 20.3. The molecule has 0 spiro atoms. The number of nitrogens with one attached hydrogen (secondary N) is 1. The fourth-order valence-electron chi connectivity index (χ4n) is 3.85. The number of aryl methyl sites for hydroxylation is 2. The van der Waals surface area contributed by atoms with Crippen molar-refractivity contribution < 1.29 is 13.4 Å². The molecule has 1 aliphatic rings. The van der Waals surface area contributed by atoms with Crippen LogP contribution in [0.25, 0.3) is 11.5 Å². The molecule has 3 rings (SSSR count). The molecule has 1 fully saturated rings. The summed E-state index contributed by atoms with van der Waals surface area (Å²) in [5, 5.41) is 3.09. The molecule has 5 nitrogen and oxygen atoms in total. The molecule has 2 aromatic rings. The first-order valence-corrected chi connectivity index (χ1v) is 11.5. The van der Waals surface area contributed by atoms with Crippen LogP contribution in [0.1, 0.15) is 50.1 Å². The number of hydrogen-bond acceptors (Lipinski definition) is 4. The molecule has 1 aromatic carbocycles. The smallest absolute Gasteiger partial charge is 0.232 e. The topological polar surface area (TPSA) is 72.2 Å². The molecule has 0 saturated heterocycles. The molecule has 0 aliphatic heterocycles. The van der Waals surface area contributed by atoms with Gasteiger partial charge in [-0.25, -0.2) is 4.98 Å². The molecule has 1 aromatic heterocycles. The number of hydrogen-bond donors (Lipinski definition) is 1. The lowest BCUT2D eigenvalue weighted by Gasteiger charge is -2.34. The van der Waals surface area contributed by atoms with Crippen LogP contribution in [-0.2, 0) is 21.3 Å². The van der Waals surface area contributed by atoms with Crippen molar-refractivity contribution in [3.63, 3.8) is 0 Å². The standard InChI is InChI=1S/C22H30N2O3S/c1-14-7-5-9-18(11-14)22-24-20(17(4)27-22)12-28(26)13-21(25)23-19-10-6-8-15(2)16(19)3/h5,7,9,11,15-16,19H,6,8,10,12-13H2,1-4H3,(H,23,25)/t15-,16+,19-,28+/m1/s1. The minimum absolute atomic E-state index is 0.00365. The molecular weight excluding hydrogens is 372 g/mol. The number of amides is 1. The first-order valence-electron chi connectivity index (χ1n) is 10.0. The van der Waals surface area contributed by atoms with Crippen LogP contribution in [0.3, 0.4) is 0 Å². The van der Waals surface area contributed by atoms with Gasteiger partial charge in [-0.15, -0.1) is 0 Å². The van der Waals surface area contributed by atoms with Gasteiger partial charge in [0.15, 0.2) is 0 Å². The SMILES string of the molecule is Cc1cccc(-c2nc(C[S@](=O)CC(=O)N[C@@H]3CCC[C@@H](C)[C@@H]3C)c(C)o2)c1. The highest BCUT2D eigenvalue weighted by molar-refractivity contribution is 7.84. The average Bonchev–Trinajstić information content (AvgIpc) is 2.99. The Morgan fingerprint density at radius 2 is 2.07 bits per heavy atom. The van der Waals surface area contributed by atoms with Crippen molar-refractivity contribution in [2.24, 2.45) is 11.8 Å². The van der Waals surface area contributed by atoms with Crippen molar-refractivity contribution in [3.05, 3.63) is 41.3 Å². The third-order valence-electron chi connectivity index (χ3n) is 5.80. The summed E-state index contributed by atoms with van der Waals surface area (Å²) in [4.78, 5) is 16.9. The van der Waals surface area contributed by atoms with Gasteiger partial charge in [-0.2, -0.15) is 0 Å². The van der Waals surface area contributed by atoms with E-state index in [0.717, 1.165) is 24.0 Å². The second kappa shape index (κ2) is 9.03. The van der Waals surface area contributed by atoms with Gasteiger partial charge in [0.25, 0.3) is 0 Å². The Labute approximate surface area is 169 Å². The maximum Gasteiger partial charge on any atom is 0.232 e. The third-order valence-corrected chi connectivity index (χ3v) is 6.98. The highest BCUT2D eigenvalue weighted by atomic mass is 32.2. The van der Waals surface area contributed by atoms with Crippen molar-refractivity contribution in [1.29, 1.82) is 0 Å². The van der Waals surface area contributed by atoms with Gasteiger partial charge in [0.05, 0.1) is 11.4 Å². The van der Waals surface area contributed by atoms with E-state index in [4.69, 9.17) is 4.42 Å². The van der Waals surface area contributed by atoms with Gasteiger partial charge in [-0.1, -0.05) is 44.4 Å². The number of aromatic nitrogens is 1. The predicted molar refractivity (Wildman–Crippen MR) is 112 cm³/mol. The molecule has 0 unspecified atom stereocenters. The fourth-order valence-corrected chi connectivity index (χ4v) is 4.90. The number of nitrogens with zero attached hydrogens (tertiary/aromatic N) is 1. The van der Waals surface area contributed by atoms with E-state index in [0.29, 0.717) is 29.2 Å². The van der Waals surface area contributed by atoms with Crippen LogP contribution in [0.15, 0.2) is 28.7 Å². The average molecular weight is 403 g/mol. The summed E-state index contributed by atoms with van der Waals surface area (Å²) in [5.41, 5.74) is 2.68. The summed E-state index contributed by atoms with van der Waals surface area (Å²) in [6.07, 6.45) is 3.36. The number of carbonyl (C=O) groups excluding carboxylic acids is 1. The van der Waals surface area contributed by atoms with Crippen LogP contribution in [0.5, 0.6) is 0 Å². The Balaban J connectivity index is 1.58. The largest absolute Gasteiger partial charge is 0.441 e. The van der Waals surface area contributed by atoms with Crippen molar-refractivity contribution in [2.75, 3.05) is 5.75 Å². The molecule has 0 radical (unpaired) electrons. The van der Waals surface area contributed by atoms with Gasteiger partial charge < -0.3 is 9.73 Å². The Morgan fingerprint density at radius 1 is 1.29 bits per heavy atom. The minimum Gasteiger partial charge on any atom is -0.441 e. The van der Waals surface area contributed by atoms with Gasteiger partial charge in [0, 0.05) is 22.4 Å². The second-order valence-corrected chi connectivity index (χ2v) is 9.52. The van der Waals surface area contributed by atoms with Gasteiger partial charge in [-0.3, -0.25) is 9.00 Å². The monoisotopic (exact) mass is 402 g/mol. The number of carbonyl (C=O) groups is 1. The predicted octanol–water partition coefficient (Wildman–Crippen LogP) is 4.15. The van der Waals surface area contributed by atoms with Crippen LogP contribution in [-0.4, -0.2) is 26.9 Å². The highest BCUT2D eigenvalue weighted by Crippen LogP contribution is 2.29. The molecule has 28 heavy (non-hydrogen) atoms. The molecule has 152 valence electrons. The minimum atomic E-state index is -1.32. The normalized spacial score (nSPS) is 23.4. The lowest BCUT2D eigenvalue weighted by molar-refractivity contribution is -0.120. The Bertz CT molecular complexity index is 861. The van der Waals surface area contributed by atoms with Gasteiger partial charge >= 0.3 is 0 Å². The van der Waals surface area contributed by atoms with E-state index in [2.05, 4.69) is 24.1 Å². The van der Waals surface area contributed by atoms with E-state index in [1.165, 1.54) is 6.42 Å². The zero-order valence-electron chi connectivity index (χ0n) is 17.2. The van der Waals surface area contributed by atoms with Gasteiger partial charge in [0.2, 0.25) is 11.8 Å². The molecule has 4 atom stereocenters. The quantitative estimate of drug-likeness (QED) is 0.788. The number of benzene rings is 1. The molecule has 1 heterocycles. The van der Waals surface area contributed by atoms with Crippen LogP contribution in [0.2, 0.25) is 0 Å². The summed E-state index contributed by atoms with van der Waals surface area (Å²) in [6, 6.07) is 8.11. The summed E-state index contributed by atoms with van der Waals surface area (Å²) in [6.45, 7) is 8.27. The Hall–Kier alpha value is -1.95. The molecule has 0 bridgehead atoms. The van der Waals surface area contributed by atoms with E-state index in [9.17, 15) is 9.00 Å². The van der Waals surface area contributed by atoms with Gasteiger partial charge in [0.1, 0.15) is 11.5 Å². The van der Waals surface area contributed by atoms with Crippen LogP contribution >= 0.6 is 0 Å². The van der Waals surface area contributed by atoms with Crippen LogP contribution in [0, 0.1) is 25.7 Å². The summed E-state index contributed by atoms with van der Waals surface area (Å²) >= 11 is 0. The first-order chi connectivity index (χ1) is 13.3. The summed E-state index contributed by atoms with van der Waals surface area (Å²) < 4.78 is 18.3. The molecule has 1 N–H and O–H groups in total. The Morgan fingerprint density at radius 3 is 2.82 bits per heavy atom. The summed E-state index contributed by atoms with van der Waals surface area (Å²) in [7, 11) is -1.32. The van der Waals surface area contributed by atoms with Crippen molar-refractivity contribution in [2.45, 2.75) is 58.8 Å². The fraction of sp³-hybridized carbons (Fsp3) is 0.545. The molecule has 6 heteroatoms. The maximum absolute atomic E-state index is 12.5. The third kappa shape index (κ3) is 5.10. The zero-order valence-corrected chi connectivity index (χ0v) is 18.0. The van der Waals surface area contributed by atoms with Crippen molar-refractivity contribution in [3.8, 4) is 11.5 Å². The van der Waals surface area contributed by atoms with E-state index >= 15 is 0 Å². The lowest BCUT2D eigenvalue weighted by atomic mass is 9.78. The first kappa shape index (κ1) is 20.8. The van der Waals surface area contributed by atoms with Gasteiger partial charge in [-0.05, 0) is 44.2 Å². The molecule has 1 aliphatic carbocycles.